The first kappa shape index (κ1) is 13.1. The molecule has 0 amide bonds. The van der Waals surface area contributed by atoms with Crippen LogP contribution in [0.5, 0.6) is 0 Å². The fraction of sp³-hybridized carbons (Fsp3) is 0.143. The third kappa shape index (κ3) is 2.09. The van der Waals surface area contributed by atoms with Gasteiger partial charge in [-0.2, -0.15) is 5.10 Å². The predicted octanol–water partition coefficient (Wildman–Crippen LogP) is 3.81. The van der Waals surface area contributed by atoms with Crippen LogP contribution < -0.4 is 0 Å². The number of carboxylic acid groups (broad SMARTS) is 1. The number of hydrogen-bond acceptors (Lipinski definition) is 3. The standard InChI is InChI=1S/C14H11ClN2O2S/c1-8-11(15)6-16-17(8)7-10-9-4-2-3-5-12(9)20-13(10)14(18)19/h2-6H,7H2,1H3,(H,18,19). The van der Waals surface area contributed by atoms with Crippen LogP contribution in [0, 0.1) is 6.92 Å². The van der Waals surface area contributed by atoms with Crippen molar-refractivity contribution in [2.24, 2.45) is 0 Å². The number of aromatic nitrogens is 2. The zero-order valence-electron chi connectivity index (χ0n) is 10.6. The molecule has 3 rings (SSSR count). The van der Waals surface area contributed by atoms with Gasteiger partial charge in [-0.05, 0) is 18.4 Å². The van der Waals surface area contributed by atoms with Crippen LogP contribution in [-0.2, 0) is 6.54 Å². The van der Waals surface area contributed by atoms with Gasteiger partial charge in [0.1, 0.15) is 4.88 Å². The van der Waals surface area contributed by atoms with Gasteiger partial charge in [0.25, 0.3) is 0 Å². The molecule has 0 unspecified atom stereocenters. The summed E-state index contributed by atoms with van der Waals surface area (Å²) < 4.78 is 2.69. The highest BCUT2D eigenvalue weighted by Crippen LogP contribution is 2.32. The second kappa shape index (κ2) is 4.92. The van der Waals surface area contributed by atoms with Crippen molar-refractivity contribution in [2.75, 3.05) is 0 Å². The molecule has 3 aromatic rings. The first-order chi connectivity index (χ1) is 9.58. The maximum absolute atomic E-state index is 11.4. The van der Waals surface area contributed by atoms with Crippen molar-refractivity contribution in [2.45, 2.75) is 13.5 Å². The van der Waals surface area contributed by atoms with E-state index in [0.717, 1.165) is 21.3 Å². The molecule has 0 atom stereocenters. The molecule has 1 N–H and O–H groups in total. The van der Waals surface area contributed by atoms with Gasteiger partial charge in [-0.1, -0.05) is 29.8 Å². The highest BCUT2D eigenvalue weighted by atomic mass is 35.5. The van der Waals surface area contributed by atoms with E-state index >= 15 is 0 Å². The molecular weight excluding hydrogens is 296 g/mol. The number of thiophene rings is 1. The van der Waals surface area contributed by atoms with Crippen molar-refractivity contribution in [3.8, 4) is 0 Å². The van der Waals surface area contributed by atoms with Crippen LogP contribution in [-0.4, -0.2) is 20.9 Å². The van der Waals surface area contributed by atoms with Gasteiger partial charge in [0.15, 0.2) is 0 Å². The minimum atomic E-state index is -0.905. The molecule has 0 aliphatic heterocycles. The van der Waals surface area contributed by atoms with Crippen LogP contribution in [0.4, 0.5) is 0 Å². The van der Waals surface area contributed by atoms with Crippen LogP contribution in [0.2, 0.25) is 5.02 Å². The number of rotatable bonds is 3. The summed E-state index contributed by atoms with van der Waals surface area (Å²) in [6.45, 7) is 2.27. The Hall–Kier alpha value is -1.85. The average Bonchev–Trinajstić information content (AvgIpc) is 2.95. The fourth-order valence-corrected chi connectivity index (χ4v) is 3.36. The summed E-state index contributed by atoms with van der Waals surface area (Å²) in [4.78, 5) is 11.8. The zero-order chi connectivity index (χ0) is 14.3. The van der Waals surface area contributed by atoms with E-state index in [9.17, 15) is 9.90 Å². The summed E-state index contributed by atoms with van der Waals surface area (Å²) in [6, 6.07) is 7.68. The molecule has 0 radical (unpaired) electrons. The smallest absolute Gasteiger partial charge is 0.346 e. The number of carboxylic acids is 1. The predicted molar refractivity (Wildman–Crippen MR) is 79.9 cm³/mol. The third-order valence-corrected chi connectivity index (χ3v) is 4.82. The molecule has 0 fully saturated rings. The Balaban J connectivity index is 2.16. The van der Waals surface area contributed by atoms with Crippen LogP contribution in [0.15, 0.2) is 30.5 Å². The van der Waals surface area contributed by atoms with E-state index in [0.29, 0.717) is 16.4 Å². The molecule has 4 nitrogen and oxygen atoms in total. The SMILES string of the molecule is Cc1c(Cl)cnn1Cc1c(C(=O)O)sc2ccccc12. The van der Waals surface area contributed by atoms with E-state index in [1.165, 1.54) is 11.3 Å². The fourth-order valence-electron chi connectivity index (χ4n) is 2.16. The number of fused-ring (bicyclic) bond motifs is 1. The average molecular weight is 307 g/mol. The van der Waals surface area contributed by atoms with Crippen molar-refractivity contribution in [1.29, 1.82) is 0 Å². The van der Waals surface area contributed by atoms with Gasteiger partial charge >= 0.3 is 5.97 Å². The van der Waals surface area contributed by atoms with Gasteiger partial charge in [0.2, 0.25) is 0 Å². The van der Waals surface area contributed by atoms with Gasteiger partial charge in [-0.15, -0.1) is 11.3 Å². The minimum absolute atomic E-state index is 0.359. The van der Waals surface area contributed by atoms with E-state index in [1.54, 1.807) is 10.9 Å². The summed E-state index contributed by atoms with van der Waals surface area (Å²) in [5, 5.41) is 15.1. The van der Waals surface area contributed by atoms with E-state index < -0.39 is 5.97 Å². The number of nitrogens with zero attached hydrogens (tertiary/aromatic N) is 2. The lowest BCUT2D eigenvalue weighted by atomic mass is 10.1. The van der Waals surface area contributed by atoms with Crippen molar-refractivity contribution >= 4 is 39.0 Å². The quantitative estimate of drug-likeness (QED) is 0.800. The Morgan fingerprint density at radius 1 is 1.45 bits per heavy atom. The number of hydrogen-bond donors (Lipinski definition) is 1. The summed E-state index contributed by atoms with van der Waals surface area (Å²) >= 11 is 7.28. The molecule has 1 aromatic carbocycles. The van der Waals surface area contributed by atoms with Crippen LogP contribution >= 0.6 is 22.9 Å². The Kier molecular flexibility index (Phi) is 3.23. The molecule has 0 aliphatic carbocycles. The summed E-state index contributed by atoms with van der Waals surface area (Å²) in [5.74, 6) is -0.905. The summed E-state index contributed by atoms with van der Waals surface area (Å²) in [5.41, 5.74) is 1.61. The number of halogens is 1. The van der Waals surface area contributed by atoms with Crippen molar-refractivity contribution in [1.82, 2.24) is 9.78 Å². The number of aromatic carboxylic acids is 1. The van der Waals surface area contributed by atoms with Gasteiger partial charge in [-0.25, -0.2) is 4.79 Å². The molecule has 0 saturated carbocycles. The second-order valence-corrected chi connectivity index (χ2v) is 5.91. The van der Waals surface area contributed by atoms with Gasteiger partial charge in [0, 0.05) is 10.3 Å². The Morgan fingerprint density at radius 3 is 2.85 bits per heavy atom. The third-order valence-electron chi connectivity index (χ3n) is 3.24. The first-order valence-electron chi connectivity index (χ1n) is 5.99. The lowest BCUT2D eigenvalue weighted by Crippen LogP contribution is -2.07. The molecule has 0 aliphatic rings. The second-order valence-electron chi connectivity index (χ2n) is 4.45. The van der Waals surface area contributed by atoms with E-state index in [1.807, 2.05) is 31.2 Å². The maximum Gasteiger partial charge on any atom is 0.346 e. The van der Waals surface area contributed by atoms with E-state index in [-0.39, 0.29) is 0 Å². The molecule has 0 bridgehead atoms. The zero-order valence-corrected chi connectivity index (χ0v) is 12.2. The molecule has 0 saturated heterocycles. The molecule has 102 valence electrons. The van der Waals surface area contributed by atoms with Crippen LogP contribution in [0.25, 0.3) is 10.1 Å². The van der Waals surface area contributed by atoms with Gasteiger partial charge < -0.3 is 5.11 Å². The number of carbonyl (C=O) groups is 1. The normalized spacial score (nSPS) is 11.1. The van der Waals surface area contributed by atoms with Gasteiger partial charge in [-0.3, -0.25) is 4.68 Å². The van der Waals surface area contributed by atoms with Gasteiger partial charge in [0.05, 0.1) is 23.5 Å². The maximum atomic E-state index is 11.4. The van der Waals surface area contributed by atoms with Crippen molar-refractivity contribution in [3.05, 3.63) is 51.6 Å². The van der Waals surface area contributed by atoms with E-state index in [2.05, 4.69) is 5.10 Å². The highest BCUT2D eigenvalue weighted by molar-refractivity contribution is 7.21. The minimum Gasteiger partial charge on any atom is -0.477 e. The number of benzene rings is 1. The summed E-state index contributed by atoms with van der Waals surface area (Å²) in [7, 11) is 0. The Bertz CT molecular complexity index is 807. The van der Waals surface area contributed by atoms with Crippen LogP contribution in [0.1, 0.15) is 20.9 Å². The lowest BCUT2D eigenvalue weighted by Gasteiger charge is -2.05. The highest BCUT2D eigenvalue weighted by Gasteiger charge is 2.18. The monoisotopic (exact) mass is 306 g/mol. The largest absolute Gasteiger partial charge is 0.477 e. The van der Waals surface area contributed by atoms with E-state index in [4.69, 9.17) is 11.6 Å². The van der Waals surface area contributed by atoms with Crippen LogP contribution in [0.3, 0.4) is 0 Å². The molecule has 2 aromatic heterocycles. The molecule has 2 heterocycles. The molecule has 20 heavy (non-hydrogen) atoms. The molecule has 6 heteroatoms. The lowest BCUT2D eigenvalue weighted by molar-refractivity contribution is 0.0701. The first-order valence-corrected chi connectivity index (χ1v) is 7.19. The van der Waals surface area contributed by atoms with Crippen molar-refractivity contribution < 1.29 is 9.90 Å². The summed E-state index contributed by atoms with van der Waals surface area (Å²) in [6.07, 6.45) is 1.58. The topological polar surface area (TPSA) is 55.1 Å². The molecular formula is C14H11ClN2O2S. The van der Waals surface area contributed by atoms with Crippen molar-refractivity contribution in [3.63, 3.8) is 0 Å². The Labute approximate surface area is 124 Å². The molecule has 0 spiro atoms. The Morgan fingerprint density at radius 2 is 2.20 bits per heavy atom.